The fourth-order valence-corrected chi connectivity index (χ4v) is 1.66. The van der Waals surface area contributed by atoms with Crippen molar-refractivity contribution in [2.45, 2.75) is 39.5 Å². The van der Waals surface area contributed by atoms with Gasteiger partial charge in [0.05, 0.1) is 5.02 Å². The average molecular weight is 271 g/mol. The largest absolute Gasteiger partial charge is 0.479 e. The van der Waals surface area contributed by atoms with E-state index in [1.165, 1.54) is 0 Å². The van der Waals surface area contributed by atoms with Crippen LogP contribution in [0.15, 0.2) is 18.2 Å². The number of nitrogens with two attached hydrogens (primary N) is 1. The van der Waals surface area contributed by atoms with Gasteiger partial charge in [0.1, 0.15) is 5.75 Å². The van der Waals surface area contributed by atoms with E-state index in [9.17, 15) is 4.79 Å². The van der Waals surface area contributed by atoms with Gasteiger partial charge in [-0.2, -0.15) is 0 Å². The summed E-state index contributed by atoms with van der Waals surface area (Å²) in [7, 11) is 0. The zero-order valence-electron chi connectivity index (χ0n) is 10.9. The molecule has 1 aromatic carbocycles. The van der Waals surface area contributed by atoms with Gasteiger partial charge in [0.15, 0.2) is 6.10 Å². The van der Waals surface area contributed by atoms with Crippen molar-refractivity contribution in [3.8, 4) is 5.75 Å². The average Bonchev–Trinajstić information content (AvgIpc) is 2.30. The molecule has 1 unspecified atom stereocenters. The summed E-state index contributed by atoms with van der Waals surface area (Å²) in [6.45, 7) is 5.90. The van der Waals surface area contributed by atoms with Gasteiger partial charge < -0.3 is 15.8 Å². The van der Waals surface area contributed by atoms with Gasteiger partial charge in [-0.1, -0.05) is 17.7 Å². The van der Waals surface area contributed by atoms with Crippen molar-refractivity contribution < 1.29 is 9.53 Å². The van der Waals surface area contributed by atoms with Gasteiger partial charge in [-0.3, -0.25) is 4.79 Å². The van der Waals surface area contributed by atoms with Crippen molar-refractivity contribution in [2.24, 2.45) is 5.73 Å². The SMILES string of the molecule is CC(C)NC(=O)C(C)Oc1ccc(CN)cc1Cl. The molecular weight excluding hydrogens is 252 g/mol. The molecule has 1 aromatic rings. The first kappa shape index (κ1) is 14.8. The number of halogens is 1. The zero-order valence-corrected chi connectivity index (χ0v) is 11.6. The lowest BCUT2D eigenvalue weighted by molar-refractivity contribution is -0.127. The Morgan fingerprint density at radius 3 is 2.61 bits per heavy atom. The van der Waals surface area contributed by atoms with Crippen molar-refractivity contribution in [3.63, 3.8) is 0 Å². The molecule has 0 spiro atoms. The fraction of sp³-hybridized carbons (Fsp3) is 0.462. The first-order valence-electron chi connectivity index (χ1n) is 5.89. The van der Waals surface area contributed by atoms with E-state index in [0.717, 1.165) is 5.56 Å². The third kappa shape index (κ3) is 4.20. The summed E-state index contributed by atoms with van der Waals surface area (Å²) < 4.78 is 5.52. The van der Waals surface area contributed by atoms with E-state index in [1.807, 2.05) is 19.9 Å². The number of hydrogen-bond donors (Lipinski definition) is 2. The summed E-state index contributed by atoms with van der Waals surface area (Å²) in [5, 5.41) is 3.24. The van der Waals surface area contributed by atoms with Crippen LogP contribution in [0, 0.1) is 0 Å². The summed E-state index contributed by atoms with van der Waals surface area (Å²) in [6, 6.07) is 5.38. The molecule has 3 N–H and O–H groups in total. The van der Waals surface area contributed by atoms with Gasteiger partial charge in [-0.05, 0) is 38.5 Å². The van der Waals surface area contributed by atoms with Crippen molar-refractivity contribution in [1.82, 2.24) is 5.32 Å². The van der Waals surface area contributed by atoms with Gasteiger partial charge >= 0.3 is 0 Å². The molecule has 0 radical (unpaired) electrons. The Hall–Kier alpha value is -1.26. The van der Waals surface area contributed by atoms with Crippen LogP contribution in [-0.4, -0.2) is 18.1 Å². The molecule has 0 fully saturated rings. The van der Waals surface area contributed by atoms with Gasteiger partial charge in [-0.15, -0.1) is 0 Å². The number of ether oxygens (including phenoxy) is 1. The Morgan fingerprint density at radius 1 is 1.44 bits per heavy atom. The molecular formula is C13H19ClN2O2. The quantitative estimate of drug-likeness (QED) is 0.861. The monoisotopic (exact) mass is 270 g/mol. The summed E-state index contributed by atoms with van der Waals surface area (Å²) in [6.07, 6.45) is -0.589. The predicted molar refractivity (Wildman–Crippen MR) is 72.7 cm³/mol. The van der Waals surface area contributed by atoms with Crippen molar-refractivity contribution >= 4 is 17.5 Å². The Kier molecular flexibility index (Phi) is 5.44. The Balaban J connectivity index is 2.69. The van der Waals surface area contributed by atoms with E-state index >= 15 is 0 Å². The number of nitrogens with one attached hydrogen (secondary N) is 1. The smallest absolute Gasteiger partial charge is 0.260 e. The minimum absolute atomic E-state index is 0.0821. The molecule has 1 amide bonds. The lowest BCUT2D eigenvalue weighted by Gasteiger charge is -2.17. The second-order valence-corrected chi connectivity index (χ2v) is 4.80. The highest BCUT2D eigenvalue weighted by molar-refractivity contribution is 6.32. The first-order chi connectivity index (χ1) is 8.43. The second-order valence-electron chi connectivity index (χ2n) is 4.39. The van der Waals surface area contributed by atoms with E-state index in [2.05, 4.69) is 5.32 Å². The van der Waals surface area contributed by atoms with Crippen LogP contribution in [0.4, 0.5) is 0 Å². The minimum atomic E-state index is -0.589. The Bertz CT molecular complexity index is 421. The summed E-state index contributed by atoms with van der Waals surface area (Å²) in [5.74, 6) is 0.323. The lowest BCUT2D eigenvalue weighted by Crippen LogP contribution is -2.40. The van der Waals surface area contributed by atoms with Crippen LogP contribution in [0.25, 0.3) is 0 Å². The third-order valence-corrected chi connectivity index (χ3v) is 2.63. The van der Waals surface area contributed by atoms with E-state index < -0.39 is 6.10 Å². The second kappa shape index (κ2) is 6.61. The molecule has 0 heterocycles. The maximum atomic E-state index is 11.7. The van der Waals surface area contributed by atoms with Crippen molar-refractivity contribution in [1.29, 1.82) is 0 Å². The third-order valence-electron chi connectivity index (χ3n) is 2.34. The highest BCUT2D eigenvalue weighted by atomic mass is 35.5. The van der Waals surface area contributed by atoms with E-state index in [4.69, 9.17) is 22.1 Å². The van der Waals surface area contributed by atoms with Crippen LogP contribution in [0.3, 0.4) is 0 Å². The maximum absolute atomic E-state index is 11.7. The van der Waals surface area contributed by atoms with Crippen LogP contribution >= 0.6 is 11.6 Å². The normalized spacial score (nSPS) is 12.3. The molecule has 0 aliphatic carbocycles. The molecule has 4 nitrogen and oxygen atoms in total. The van der Waals surface area contributed by atoms with E-state index in [-0.39, 0.29) is 11.9 Å². The molecule has 0 saturated carbocycles. The van der Waals surface area contributed by atoms with Gasteiger partial charge in [-0.25, -0.2) is 0 Å². The number of amides is 1. The number of carbonyl (C=O) groups excluding carboxylic acids is 1. The van der Waals surface area contributed by atoms with Gasteiger partial charge in [0.25, 0.3) is 5.91 Å². The Morgan fingerprint density at radius 2 is 2.11 bits per heavy atom. The molecule has 1 atom stereocenters. The molecule has 5 heteroatoms. The molecule has 0 aliphatic heterocycles. The zero-order chi connectivity index (χ0) is 13.7. The van der Waals surface area contributed by atoms with Crippen molar-refractivity contribution in [3.05, 3.63) is 28.8 Å². The van der Waals surface area contributed by atoms with Crippen LogP contribution in [0.2, 0.25) is 5.02 Å². The lowest BCUT2D eigenvalue weighted by atomic mass is 10.2. The molecule has 100 valence electrons. The first-order valence-corrected chi connectivity index (χ1v) is 6.27. The molecule has 0 aliphatic rings. The van der Waals surface area contributed by atoms with Crippen LogP contribution in [0.1, 0.15) is 26.3 Å². The Labute approximate surface area is 112 Å². The molecule has 0 bridgehead atoms. The number of carbonyl (C=O) groups is 1. The van der Waals surface area contributed by atoms with E-state index in [1.54, 1.807) is 19.1 Å². The molecule has 0 aromatic heterocycles. The minimum Gasteiger partial charge on any atom is -0.479 e. The summed E-state index contributed by atoms with van der Waals surface area (Å²) in [4.78, 5) is 11.7. The molecule has 18 heavy (non-hydrogen) atoms. The van der Waals surface area contributed by atoms with Crippen LogP contribution < -0.4 is 15.8 Å². The fourth-order valence-electron chi connectivity index (χ4n) is 1.41. The van der Waals surface area contributed by atoms with E-state index in [0.29, 0.717) is 17.3 Å². The summed E-state index contributed by atoms with van der Waals surface area (Å²) in [5.41, 5.74) is 6.43. The molecule has 0 saturated heterocycles. The highest BCUT2D eigenvalue weighted by Crippen LogP contribution is 2.26. The molecule has 1 rings (SSSR count). The standard InChI is InChI=1S/C13H19ClN2O2/c1-8(2)16-13(17)9(3)18-12-5-4-10(7-15)6-11(12)14/h4-6,8-9H,7,15H2,1-3H3,(H,16,17). The van der Waals surface area contributed by atoms with Crippen LogP contribution in [-0.2, 0) is 11.3 Å². The van der Waals surface area contributed by atoms with Crippen molar-refractivity contribution in [2.75, 3.05) is 0 Å². The summed E-state index contributed by atoms with van der Waals surface area (Å²) >= 11 is 6.05. The van der Waals surface area contributed by atoms with Crippen LogP contribution in [0.5, 0.6) is 5.75 Å². The topological polar surface area (TPSA) is 64.3 Å². The number of benzene rings is 1. The van der Waals surface area contributed by atoms with Gasteiger partial charge in [0.2, 0.25) is 0 Å². The van der Waals surface area contributed by atoms with Gasteiger partial charge in [0, 0.05) is 12.6 Å². The number of rotatable bonds is 5. The predicted octanol–water partition coefficient (Wildman–Crippen LogP) is 2.09. The maximum Gasteiger partial charge on any atom is 0.260 e. The highest BCUT2D eigenvalue weighted by Gasteiger charge is 2.16. The number of hydrogen-bond acceptors (Lipinski definition) is 3.